The molecule has 0 atom stereocenters. The lowest BCUT2D eigenvalue weighted by Crippen LogP contribution is -2.11. The Morgan fingerprint density at radius 1 is 1.60 bits per heavy atom. The van der Waals surface area contributed by atoms with Crippen LogP contribution in [-0.2, 0) is 0 Å². The van der Waals surface area contributed by atoms with Crippen molar-refractivity contribution >= 4 is 27.5 Å². The number of carbonyl (C=O) groups excluding carboxylic acids is 1. The van der Waals surface area contributed by atoms with Gasteiger partial charge in [-0.15, -0.1) is 0 Å². The van der Waals surface area contributed by atoms with E-state index >= 15 is 0 Å². The fourth-order valence-electron chi connectivity index (χ4n) is 1.05. The molecule has 15 heavy (non-hydrogen) atoms. The summed E-state index contributed by atoms with van der Waals surface area (Å²) in [6.07, 6.45) is 0. The summed E-state index contributed by atoms with van der Waals surface area (Å²) in [4.78, 5) is 20.9. The number of halogens is 1. The molecular weight excluding hydrogens is 268 g/mol. The number of methoxy groups -OCH3 is 1. The molecule has 80 valence electrons. The van der Waals surface area contributed by atoms with Crippen molar-refractivity contribution in [3.05, 3.63) is 32.3 Å². The Hall–Kier alpha value is -1.63. The number of nitro groups is 1. The Bertz CT molecular complexity index is 433. The minimum absolute atomic E-state index is 0.0109. The highest BCUT2D eigenvalue weighted by molar-refractivity contribution is 9.10. The quantitative estimate of drug-likeness (QED) is 0.667. The highest BCUT2D eigenvalue weighted by Crippen LogP contribution is 2.35. The van der Waals surface area contributed by atoms with Crippen molar-refractivity contribution in [1.29, 1.82) is 0 Å². The van der Waals surface area contributed by atoms with Gasteiger partial charge < -0.3 is 10.5 Å². The lowest BCUT2D eigenvalue weighted by Gasteiger charge is -2.04. The average molecular weight is 275 g/mol. The van der Waals surface area contributed by atoms with Gasteiger partial charge in [-0.25, -0.2) is 0 Å². The van der Waals surface area contributed by atoms with Crippen molar-refractivity contribution in [2.45, 2.75) is 0 Å². The molecule has 0 aliphatic heterocycles. The second-order valence-electron chi connectivity index (χ2n) is 2.63. The lowest BCUT2D eigenvalue weighted by molar-refractivity contribution is -0.386. The van der Waals surface area contributed by atoms with Gasteiger partial charge in [0, 0.05) is 11.6 Å². The zero-order chi connectivity index (χ0) is 11.6. The van der Waals surface area contributed by atoms with E-state index in [9.17, 15) is 14.9 Å². The normalized spacial score (nSPS) is 9.73. The summed E-state index contributed by atoms with van der Waals surface area (Å²) >= 11 is 2.98. The van der Waals surface area contributed by atoms with Crippen LogP contribution in [-0.4, -0.2) is 17.9 Å². The maximum Gasteiger partial charge on any atom is 0.324 e. The van der Waals surface area contributed by atoms with Gasteiger partial charge in [-0.2, -0.15) is 0 Å². The number of nitro benzene ring substituents is 1. The van der Waals surface area contributed by atoms with Crippen LogP contribution in [0.3, 0.4) is 0 Å². The van der Waals surface area contributed by atoms with Gasteiger partial charge >= 0.3 is 5.69 Å². The number of rotatable bonds is 3. The summed E-state index contributed by atoms with van der Waals surface area (Å²) in [5, 5.41) is 10.7. The molecule has 0 aliphatic rings. The van der Waals surface area contributed by atoms with Gasteiger partial charge in [-0.05, 0) is 22.0 Å². The van der Waals surface area contributed by atoms with Crippen LogP contribution in [0.2, 0.25) is 0 Å². The molecule has 0 heterocycles. The van der Waals surface area contributed by atoms with E-state index < -0.39 is 10.8 Å². The third kappa shape index (κ3) is 2.24. The molecule has 2 N–H and O–H groups in total. The molecule has 0 spiro atoms. The van der Waals surface area contributed by atoms with E-state index in [0.29, 0.717) is 0 Å². The highest BCUT2D eigenvalue weighted by atomic mass is 79.9. The molecule has 1 rings (SSSR count). The van der Waals surface area contributed by atoms with Gasteiger partial charge in [0.2, 0.25) is 5.91 Å². The van der Waals surface area contributed by atoms with E-state index in [2.05, 4.69) is 15.9 Å². The summed E-state index contributed by atoms with van der Waals surface area (Å²) < 4.78 is 4.95. The Balaban J connectivity index is 3.43. The minimum Gasteiger partial charge on any atom is -0.490 e. The first-order valence-corrected chi connectivity index (χ1v) is 4.58. The molecule has 0 saturated heterocycles. The minimum atomic E-state index is -0.677. The molecule has 0 aromatic heterocycles. The number of hydrogen-bond donors (Lipinski definition) is 1. The van der Waals surface area contributed by atoms with Gasteiger partial charge in [0.05, 0.1) is 12.0 Å². The van der Waals surface area contributed by atoms with E-state index in [1.807, 2.05) is 0 Å². The van der Waals surface area contributed by atoms with Gasteiger partial charge in [0.15, 0.2) is 5.75 Å². The van der Waals surface area contributed by atoms with Crippen molar-refractivity contribution in [1.82, 2.24) is 0 Å². The molecule has 0 bridgehead atoms. The molecule has 0 aliphatic carbocycles. The van der Waals surface area contributed by atoms with Crippen LogP contribution in [0.15, 0.2) is 16.6 Å². The van der Waals surface area contributed by atoms with Gasteiger partial charge in [-0.1, -0.05) is 0 Å². The van der Waals surface area contributed by atoms with Gasteiger partial charge in [0.1, 0.15) is 4.47 Å². The van der Waals surface area contributed by atoms with E-state index in [4.69, 9.17) is 10.5 Å². The molecule has 7 heteroatoms. The second kappa shape index (κ2) is 4.26. The third-order valence-electron chi connectivity index (χ3n) is 1.72. The first-order valence-electron chi connectivity index (χ1n) is 3.79. The Labute approximate surface area is 93.3 Å². The summed E-state index contributed by atoms with van der Waals surface area (Å²) in [6, 6.07) is 2.51. The fourth-order valence-corrected chi connectivity index (χ4v) is 1.64. The molecule has 1 amide bonds. The van der Waals surface area contributed by atoms with Crippen molar-refractivity contribution in [3.8, 4) is 5.75 Å². The van der Waals surface area contributed by atoms with Gasteiger partial charge in [-0.3, -0.25) is 14.9 Å². The number of primary amides is 1. The van der Waals surface area contributed by atoms with E-state index in [1.165, 1.54) is 19.2 Å². The Morgan fingerprint density at radius 3 is 2.60 bits per heavy atom. The van der Waals surface area contributed by atoms with Crippen LogP contribution >= 0.6 is 15.9 Å². The molecule has 0 fully saturated rings. The molecule has 6 nitrogen and oxygen atoms in total. The molecule has 0 radical (unpaired) electrons. The summed E-state index contributed by atoms with van der Waals surface area (Å²) in [7, 11) is 1.28. The number of nitrogens with zero attached hydrogens (tertiary/aromatic N) is 1. The number of nitrogens with two attached hydrogens (primary N) is 1. The van der Waals surface area contributed by atoms with E-state index in [0.717, 1.165) is 0 Å². The number of ether oxygens (including phenoxy) is 1. The maximum atomic E-state index is 10.9. The monoisotopic (exact) mass is 274 g/mol. The van der Waals surface area contributed by atoms with Crippen molar-refractivity contribution in [3.63, 3.8) is 0 Å². The van der Waals surface area contributed by atoms with Crippen molar-refractivity contribution in [2.75, 3.05) is 7.11 Å². The van der Waals surface area contributed by atoms with Crippen LogP contribution in [0.5, 0.6) is 5.75 Å². The van der Waals surface area contributed by atoms with Crippen molar-refractivity contribution in [2.24, 2.45) is 5.73 Å². The fraction of sp³-hybridized carbons (Fsp3) is 0.125. The first-order chi connectivity index (χ1) is 6.97. The maximum absolute atomic E-state index is 10.9. The standard InChI is InChI=1S/C8H7BrN2O4/c1-15-6-3-4(8(10)12)2-5(9)7(6)11(13)14/h2-3H,1H3,(H2,10,12). The summed E-state index contributed by atoms with van der Waals surface area (Å²) in [6.45, 7) is 0. The molecule has 1 aromatic carbocycles. The predicted molar refractivity (Wildman–Crippen MR) is 55.9 cm³/mol. The third-order valence-corrected chi connectivity index (χ3v) is 2.32. The lowest BCUT2D eigenvalue weighted by atomic mass is 10.2. The van der Waals surface area contributed by atoms with Crippen LogP contribution in [0.25, 0.3) is 0 Å². The molecule has 0 saturated carbocycles. The largest absolute Gasteiger partial charge is 0.490 e. The van der Waals surface area contributed by atoms with E-state index in [1.54, 1.807) is 0 Å². The first kappa shape index (κ1) is 11.4. The summed E-state index contributed by atoms with van der Waals surface area (Å²) in [5.74, 6) is -0.688. The van der Waals surface area contributed by atoms with E-state index in [-0.39, 0.29) is 21.5 Å². The van der Waals surface area contributed by atoms with Gasteiger partial charge in [0.25, 0.3) is 0 Å². The second-order valence-corrected chi connectivity index (χ2v) is 3.48. The number of amides is 1. The zero-order valence-corrected chi connectivity index (χ0v) is 9.28. The number of hydrogen-bond acceptors (Lipinski definition) is 4. The molecule has 1 aromatic rings. The van der Waals surface area contributed by atoms with Crippen LogP contribution in [0.4, 0.5) is 5.69 Å². The number of carbonyl (C=O) groups is 1. The predicted octanol–water partition coefficient (Wildman–Crippen LogP) is 1.46. The van der Waals surface area contributed by atoms with Crippen LogP contribution in [0, 0.1) is 10.1 Å². The Kier molecular flexibility index (Phi) is 3.25. The van der Waals surface area contributed by atoms with Crippen LogP contribution in [0.1, 0.15) is 10.4 Å². The number of benzene rings is 1. The molecular formula is C8H7BrN2O4. The zero-order valence-electron chi connectivity index (χ0n) is 7.69. The molecule has 0 unspecified atom stereocenters. The average Bonchev–Trinajstić information content (AvgIpc) is 2.15. The smallest absolute Gasteiger partial charge is 0.324 e. The topological polar surface area (TPSA) is 95.5 Å². The Morgan fingerprint density at radius 2 is 2.20 bits per heavy atom. The van der Waals surface area contributed by atoms with Crippen LogP contribution < -0.4 is 10.5 Å². The summed E-state index contributed by atoms with van der Waals surface area (Å²) in [5.41, 5.74) is 4.96. The SMILES string of the molecule is COc1cc(C(N)=O)cc(Br)c1[N+](=O)[O-]. The van der Waals surface area contributed by atoms with Crippen molar-refractivity contribution < 1.29 is 14.5 Å². The highest BCUT2D eigenvalue weighted by Gasteiger charge is 2.21.